The van der Waals surface area contributed by atoms with Gasteiger partial charge in [-0.25, -0.2) is 0 Å². The van der Waals surface area contributed by atoms with Crippen LogP contribution in [0.15, 0.2) is 152 Å². The molecule has 6 atom stereocenters. The standard InChI is InChI=1S/C48H42N4O5/c1-3-11-30-12-10-17-38(43(30)53)42-36-26-27-37-41(46(56)51(44(37)54)35-24-22-33(23-25-35)49-32-15-8-5-9-16-32)39(36)28-40-45(55)52(50-34-20-18-29(2)19-21-34)47(57)48(40,42)31-13-6-4-7-14-31/h3-10,12-26,37,39-42,49-50,53H,1,11,27-28H2,2H3/t37-,39+,40-,41-,42+,48+/m0/s1. The van der Waals surface area contributed by atoms with E-state index >= 15 is 4.79 Å². The Bertz CT molecular complexity index is 2450. The number of hydrogen-bond donors (Lipinski definition) is 3. The highest BCUT2D eigenvalue weighted by Gasteiger charge is 2.70. The van der Waals surface area contributed by atoms with Crippen molar-refractivity contribution in [2.75, 3.05) is 15.6 Å². The van der Waals surface area contributed by atoms with E-state index < -0.39 is 46.8 Å². The first-order valence-corrected chi connectivity index (χ1v) is 19.4. The number of imide groups is 2. The van der Waals surface area contributed by atoms with Crippen molar-refractivity contribution in [3.05, 3.63) is 174 Å². The molecule has 3 fully saturated rings. The summed E-state index contributed by atoms with van der Waals surface area (Å²) in [6, 6.07) is 39.2. The monoisotopic (exact) mass is 754 g/mol. The predicted octanol–water partition coefficient (Wildman–Crippen LogP) is 8.36. The Morgan fingerprint density at radius 1 is 0.754 bits per heavy atom. The Morgan fingerprint density at radius 3 is 2.12 bits per heavy atom. The molecular weight excluding hydrogens is 713 g/mol. The molecule has 2 heterocycles. The molecule has 5 aromatic carbocycles. The third-order valence-electron chi connectivity index (χ3n) is 12.4. The molecule has 4 amide bonds. The van der Waals surface area contributed by atoms with E-state index in [4.69, 9.17) is 0 Å². The highest BCUT2D eigenvalue weighted by Crippen LogP contribution is 2.65. The molecule has 0 bridgehead atoms. The van der Waals surface area contributed by atoms with Crippen molar-refractivity contribution in [3.8, 4) is 5.75 Å². The Labute approximate surface area is 331 Å². The summed E-state index contributed by atoms with van der Waals surface area (Å²) in [5.41, 5.74) is 7.99. The Hall–Kier alpha value is -6.74. The summed E-state index contributed by atoms with van der Waals surface area (Å²) in [4.78, 5) is 60.8. The molecule has 2 aliphatic carbocycles. The number of benzene rings is 5. The van der Waals surface area contributed by atoms with Gasteiger partial charge in [0.1, 0.15) is 5.75 Å². The number of carbonyl (C=O) groups excluding carboxylic acids is 4. The molecule has 9 nitrogen and oxygen atoms in total. The zero-order valence-corrected chi connectivity index (χ0v) is 31.5. The normalized spacial score (nSPS) is 25.1. The highest BCUT2D eigenvalue weighted by atomic mass is 16.3. The number of rotatable bonds is 9. The Kier molecular flexibility index (Phi) is 8.88. The summed E-state index contributed by atoms with van der Waals surface area (Å²) in [6.07, 6.45) is 4.54. The second kappa shape index (κ2) is 14.1. The SMILES string of the molecule is C=CCc1cccc([C@H]2C3=CC[C@@H]4C(=O)N(c5ccc(Nc6ccccc6)cc5)C(=O)[C@@H]4[C@@H]3C[C@H]3C(=O)N(Nc4ccc(C)cc4)C(=O)[C@@]23c2ccccc2)c1O. The van der Waals surface area contributed by atoms with Gasteiger partial charge in [-0.3, -0.25) is 29.5 Å². The third kappa shape index (κ3) is 5.67. The fraction of sp³-hybridized carbons (Fsp3) is 0.208. The number of nitrogens with one attached hydrogen (secondary N) is 2. The molecule has 3 N–H and O–H groups in total. The van der Waals surface area contributed by atoms with Crippen molar-refractivity contribution < 1.29 is 24.3 Å². The van der Waals surface area contributed by atoms with E-state index in [1.807, 2.05) is 128 Å². The summed E-state index contributed by atoms with van der Waals surface area (Å²) in [5, 5.41) is 16.6. The number of aryl methyl sites for hydroxylation is 1. The van der Waals surface area contributed by atoms with E-state index in [2.05, 4.69) is 17.3 Å². The van der Waals surface area contributed by atoms with Crippen LogP contribution < -0.4 is 15.6 Å². The van der Waals surface area contributed by atoms with Crippen LogP contribution in [0.4, 0.5) is 22.7 Å². The van der Waals surface area contributed by atoms with Crippen LogP contribution in [0.3, 0.4) is 0 Å². The minimum Gasteiger partial charge on any atom is -0.507 e. The summed E-state index contributed by atoms with van der Waals surface area (Å²) in [7, 11) is 0. The van der Waals surface area contributed by atoms with Gasteiger partial charge in [-0.15, -0.1) is 6.58 Å². The number of aromatic hydroxyl groups is 1. The Balaban J connectivity index is 1.16. The van der Waals surface area contributed by atoms with Gasteiger partial charge in [-0.1, -0.05) is 102 Å². The lowest BCUT2D eigenvalue weighted by Gasteiger charge is -2.50. The molecule has 57 heavy (non-hydrogen) atoms. The maximum atomic E-state index is 15.4. The van der Waals surface area contributed by atoms with Gasteiger partial charge in [0.05, 0.1) is 34.5 Å². The van der Waals surface area contributed by atoms with Gasteiger partial charge in [-0.05, 0) is 91.8 Å². The molecule has 9 heteroatoms. The first-order valence-electron chi connectivity index (χ1n) is 19.4. The number of amides is 4. The van der Waals surface area contributed by atoms with Crippen LogP contribution in [0, 0.1) is 30.6 Å². The fourth-order valence-electron chi connectivity index (χ4n) is 9.89. The van der Waals surface area contributed by atoms with Gasteiger partial charge < -0.3 is 10.4 Å². The van der Waals surface area contributed by atoms with Crippen LogP contribution in [-0.4, -0.2) is 33.7 Å². The van der Waals surface area contributed by atoms with Gasteiger partial charge in [0, 0.05) is 22.9 Å². The number of fused-ring (bicyclic) bond motifs is 4. The third-order valence-corrected chi connectivity index (χ3v) is 12.4. The molecular formula is C48H42N4O5. The molecule has 4 aliphatic rings. The van der Waals surface area contributed by atoms with Crippen LogP contribution in [-0.2, 0) is 31.0 Å². The van der Waals surface area contributed by atoms with Crippen LogP contribution in [0.5, 0.6) is 5.75 Å². The molecule has 2 aliphatic heterocycles. The van der Waals surface area contributed by atoms with Crippen LogP contribution in [0.25, 0.3) is 0 Å². The van der Waals surface area contributed by atoms with Crippen molar-refractivity contribution in [1.29, 1.82) is 0 Å². The average molecular weight is 755 g/mol. The number of nitrogens with zero attached hydrogens (tertiary/aromatic N) is 2. The van der Waals surface area contributed by atoms with Gasteiger partial charge in [0.25, 0.3) is 11.8 Å². The van der Waals surface area contributed by atoms with Gasteiger partial charge in [0.2, 0.25) is 11.8 Å². The summed E-state index contributed by atoms with van der Waals surface area (Å²) in [6.45, 7) is 5.85. The van der Waals surface area contributed by atoms with E-state index in [1.54, 1.807) is 18.2 Å². The van der Waals surface area contributed by atoms with Crippen LogP contribution >= 0.6 is 0 Å². The molecule has 0 aromatic heterocycles. The lowest BCUT2D eigenvalue weighted by atomic mass is 9.49. The lowest BCUT2D eigenvalue weighted by Crippen LogP contribution is -2.53. The van der Waals surface area contributed by atoms with Crippen LogP contribution in [0.1, 0.15) is 41.0 Å². The smallest absolute Gasteiger partial charge is 0.260 e. The van der Waals surface area contributed by atoms with E-state index in [-0.39, 0.29) is 30.4 Å². The first kappa shape index (κ1) is 35.9. The maximum Gasteiger partial charge on any atom is 0.260 e. The molecule has 284 valence electrons. The number of para-hydroxylation sites is 2. The van der Waals surface area contributed by atoms with Crippen molar-refractivity contribution in [2.24, 2.45) is 23.7 Å². The number of carbonyl (C=O) groups is 4. The summed E-state index contributed by atoms with van der Waals surface area (Å²) < 4.78 is 0. The van der Waals surface area contributed by atoms with Crippen molar-refractivity contribution in [1.82, 2.24) is 5.01 Å². The zero-order chi connectivity index (χ0) is 39.4. The van der Waals surface area contributed by atoms with E-state index in [0.29, 0.717) is 34.5 Å². The van der Waals surface area contributed by atoms with Crippen molar-refractivity contribution in [3.63, 3.8) is 0 Å². The predicted molar refractivity (Wildman–Crippen MR) is 219 cm³/mol. The van der Waals surface area contributed by atoms with E-state index in [9.17, 15) is 19.5 Å². The van der Waals surface area contributed by atoms with Gasteiger partial charge >= 0.3 is 0 Å². The number of allylic oxidation sites excluding steroid dienone is 3. The first-order chi connectivity index (χ1) is 27.7. The summed E-state index contributed by atoms with van der Waals surface area (Å²) >= 11 is 0. The summed E-state index contributed by atoms with van der Waals surface area (Å²) in [5.74, 6) is -5.20. The molecule has 0 radical (unpaired) electrons. The number of anilines is 4. The molecule has 5 aromatic rings. The minimum atomic E-state index is -1.48. The maximum absolute atomic E-state index is 15.4. The Morgan fingerprint density at radius 2 is 1.42 bits per heavy atom. The largest absolute Gasteiger partial charge is 0.507 e. The number of hydrogen-bond acceptors (Lipinski definition) is 7. The van der Waals surface area contributed by atoms with Crippen molar-refractivity contribution >= 4 is 46.4 Å². The zero-order valence-electron chi connectivity index (χ0n) is 31.5. The number of phenols is 1. The minimum absolute atomic E-state index is 0.0185. The molecule has 9 rings (SSSR count). The topological polar surface area (TPSA) is 119 Å². The molecule has 1 saturated carbocycles. The van der Waals surface area contributed by atoms with E-state index in [1.165, 1.54) is 4.90 Å². The second-order valence-electron chi connectivity index (χ2n) is 15.5. The second-order valence-corrected chi connectivity index (χ2v) is 15.5. The van der Waals surface area contributed by atoms with Gasteiger partial charge in [-0.2, -0.15) is 5.01 Å². The van der Waals surface area contributed by atoms with E-state index in [0.717, 1.165) is 27.5 Å². The number of hydrazine groups is 1. The molecule has 0 spiro atoms. The highest BCUT2D eigenvalue weighted by molar-refractivity contribution is 6.22. The van der Waals surface area contributed by atoms with Crippen LogP contribution in [0.2, 0.25) is 0 Å². The quantitative estimate of drug-likeness (QED) is 0.102. The average Bonchev–Trinajstić information content (AvgIpc) is 3.61. The molecule has 0 unspecified atom stereocenters. The lowest BCUT2D eigenvalue weighted by molar-refractivity contribution is -0.138. The number of phenolic OH excluding ortho intramolecular Hbond substituents is 1. The van der Waals surface area contributed by atoms with Gasteiger partial charge in [0.15, 0.2) is 0 Å². The van der Waals surface area contributed by atoms with Crippen molar-refractivity contribution in [2.45, 2.75) is 37.5 Å². The fourth-order valence-corrected chi connectivity index (χ4v) is 9.89. The molecule has 2 saturated heterocycles.